The zero-order chi connectivity index (χ0) is 32.8. The van der Waals surface area contributed by atoms with Gasteiger partial charge in [-0.05, 0) is 103 Å². The third-order valence-electron chi connectivity index (χ3n) is 10.6. The Morgan fingerprint density at radius 2 is 0.900 bits per heavy atom. The molecule has 0 aliphatic heterocycles. The Kier molecular flexibility index (Phi) is 5.70. The minimum Gasteiger partial charge on any atom is -0.456 e. The molecule has 0 spiro atoms. The number of para-hydroxylation sites is 3. The predicted octanol–water partition coefficient (Wildman–Crippen LogP) is 13.5. The van der Waals surface area contributed by atoms with E-state index in [2.05, 4.69) is 174 Å². The van der Waals surface area contributed by atoms with Gasteiger partial charge in [0, 0.05) is 27.2 Å². The molecule has 0 aliphatic rings. The summed E-state index contributed by atoms with van der Waals surface area (Å²) in [4.78, 5) is 0. The van der Waals surface area contributed by atoms with Crippen LogP contribution >= 0.6 is 0 Å². The smallest absolute Gasteiger partial charge is 0.136 e. The van der Waals surface area contributed by atoms with Crippen LogP contribution in [0.15, 0.2) is 180 Å². The highest BCUT2D eigenvalue weighted by Gasteiger charge is 2.19. The first-order valence-electron chi connectivity index (χ1n) is 17.2. The number of fused-ring (bicyclic) bond motifs is 10. The Morgan fingerprint density at radius 3 is 1.62 bits per heavy atom. The van der Waals surface area contributed by atoms with Crippen molar-refractivity contribution in [1.82, 2.24) is 4.57 Å². The van der Waals surface area contributed by atoms with E-state index in [1.54, 1.807) is 0 Å². The number of aromatic nitrogens is 1. The van der Waals surface area contributed by atoms with E-state index in [4.69, 9.17) is 4.42 Å². The summed E-state index contributed by atoms with van der Waals surface area (Å²) in [6.45, 7) is 0. The van der Waals surface area contributed by atoms with Crippen LogP contribution in [0.1, 0.15) is 0 Å². The van der Waals surface area contributed by atoms with E-state index in [1.807, 2.05) is 6.07 Å². The van der Waals surface area contributed by atoms with Gasteiger partial charge in [0.1, 0.15) is 11.2 Å². The third kappa shape index (κ3) is 3.85. The SMILES string of the molecule is c1ccc(-n2c3ccccc3c3cc(-c4c5ccccc5c(-c5ccc6c(ccc7oc8ccccc8c76)c5)c5ccccc45)ccc32)cc1. The number of furan rings is 1. The fourth-order valence-corrected chi connectivity index (χ4v) is 8.44. The van der Waals surface area contributed by atoms with Crippen molar-refractivity contribution in [3.63, 3.8) is 0 Å². The summed E-state index contributed by atoms with van der Waals surface area (Å²) in [5.74, 6) is 0. The fourth-order valence-electron chi connectivity index (χ4n) is 8.44. The lowest BCUT2D eigenvalue weighted by Crippen LogP contribution is -1.93. The average Bonchev–Trinajstić information content (AvgIpc) is 3.73. The maximum Gasteiger partial charge on any atom is 0.136 e. The second-order valence-corrected chi connectivity index (χ2v) is 13.2. The summed E-state index contributed by atoms with van der Waals surface area (Å²) in [5.41, 5.74) is 10.4. The summed E-state index contributed by atoms with van der Waals surface area (Å²) >= 11 is 0. The van der Waals surface area contributed by atoms with Crippen molar-refractivity contribution in [3.05, 3.63) is 176 Å². The molecule has 0 unspecified atom stereocenters. The zero-order valence-electron chi connectivity index (χ0n) is 27.1. The molecule has 232 valence electrons. The van der Waals surface area contributed by atoms with Crippen molar-refractivity contribution < 1.29 is 4.42 Å². The Hall–Kier alpha value is -6.64. The second kappa shape index (κ2) is 10.4. The van der Waals surface area contributed by atoms with Crippen LogP contribution in [0, 0.1) is 0 Å². The first kappa shape index (κ1) is 27.3. The topological polar surface area (TPSA) is 18.1 Å². The van der Waals surface area contributed by atoms with Gasteiger partial charge in [-0.15, -0.1) is 0 Å². The van der Waals surface area contributed by atoms with Crippen LogP contribution in [-0.2, 0) is 0 Å². The van der Waals surface area contributed by atoms with Crippen LogP contribution in [-0.4, -0.2) is 4.57 Å². The summed E-state index contributed by atoms with van der Waals surface area (Å²) in [5, 5.41) is 12.3. The first-order valence-corrected chi connectivity index (χ1v) is 17.2. The van der Waals surface area contributed by atoms with Gasteiger partial charge in [0.05, 0.1) is 11.0 Å². The van der Waals surface area contributed by atoms with Crippen LogP contribution in [0.25, 0.3) is 104 Å². The summed E-state index contributed by atoms with van der Waals surface area (Å²) in [7, 11) is 0. The van der Waals surface area contributed by atoms with Crippen molar-refractivity contribution in [2.24, 2.45) is 0 Å². The van der Waals surface area contributed by atoms with E-state index in [0.717, 1.165) is 16.6 Å². The highest BCUT2D eigenvalue weighted by atomic mass is 16.3. The van der Waals surface area contributed by atoms with Crippen LogP contribution in [0.5, 0.6) is 0 Å². The van der Waals surface area contributed by atoms with Gasteiger partial charge < -0.3 is 8.98 Å². The molecule has 0 fully saturated rings. The van der Waals surface area contributed by atoms with Gasteiger partial charge in [-0.2, -0.15) is 0 Å². The van der Waals surface area contributed by atoms with Crippen molar-refractivity contribution >= 4 is 76.1 Å². The lowest BCUT2D eigenvalue weighted by Gasteiger charge is -2.18. The summed E-state index contributed by atoms with van der Waals surface area (Å²) in [6.07, 6.45) is 0. The minimum atomic E-state index is 0.925. The molecule has 11 rings (SSSR count). The lowest BCUT2D eigenvalue weighted by atomic mass is 9.85. The molecule has 0 atom stereocenters. The Balaban J connectivity index is 1.17. The molecule has 0 N–H and O–H groups in total. The van der Waals surface area contributed by atoms with E-state index in [-0.39, 0.29) is 0 Å². The van der Waals surface area contributed by atoms with Crippen molar-refractivity contribution in [2.75, 3.05) is 0 Å². The summed E-state index contributed by atoms with van der Waals surface area (Å²) < 4.78 is 8.60. The van der Waals surface area contributed by atoms with Crippen LogP contribution in [0.2, 0.25) is 0 Å². The molecule has 2 nitrogen and oxygen atoms in total. The quantitative estimate of drug-likeness (QED) is 0.177. The minimum absolute atomic E-state index is 0.925. The third-order valence-corrected chi connectivity index (χ3v) is 10.6. The zero-order valence-corrected chi connectivity index (χ0v) is 27.1. The van der Waals surface area contributed by atoms with Crippen molar-refractivity contribution in [3.8, 4) is 27.9 Å². The highest BCUT2D eigenvalue weighted by molar-refractivity contribution is 6.24. The monoisotopic (exact) mass is 635 g/mol. The molecule has 0 aliphatic carbocycles. The highest BCUT2D eigenvalue weighted by Crippen LogP contribution is 2.46. The number of hydrogen-bond donors (Lipinski definition) is 0. The van der Waals surface area contributed by atoms with Gasteiger partial charge >= 0.3 is 0 Å². The molecule has 0 saturated heterocycles. The van der Waals surface area contributed by atoms with Gasteiger partial charge in [-0.3, -0.25) is 0 Å². The molecule has 0 amide bonds. The molecule has 50 heavy (non-hydrogen) atoms. The predicted molar refractivity (Wildman–Crippen MR) is 211 cm³/mol. The van der Waals surface area contributed by atoms with Gasteiger partial charge in [0.15, 0.2) is 0 Å². The maximum atomic E-state index is 6.22. The van der Waals surface area contributed by atoms with Crippen LogP contribution in [0.3, 0.4) is 0 Å². The van der Waals surface area contributed by atoms with Gasteiger partial charge in [0.25, 0.3) is 0 Å². The molecule has 0 bridgehead atoms. The molecule has 11 aromatic rings. The number of benzene rings is 9. The lowest BCUT2D eigenvalue weighted by molar-refractivity contribution is 0.669. The van der Waals surface area contributed by atoms with Crippen molar-refractivity contribution in [2.45, 2.75) is 0 Å². The molecule has 2 aromatic heterocycles. The molecule has 0 radical (unpaired) electrons. The molecular weight excluding hydrogens is 607 g/mol. The second-order valence-electron chi connectivity index (χ2n) is 13.2. The molecule has 2 heteroatoms. The standard InChI is InChI=1S/C48H29NO/c1-2-12-33(13-3-1)49-42-20-10-8-14-35(42)41-29-32(23-26-43(41)49)47-38-17-6-4-15-36(38)46(37-16-5-7-18-39(37)47)31-22-25-34-30(28-31)24-27-45-48(34)40-19-9-11-21-44(40)50-45/h1-29H. The number of nitrogens with zero attached hydrogens (tertiary/aromatic N) is 1. The van der Waals surface area contributed by atoms with Gasteiger partial charge in [-0.1, -0.05) is 127 Å². The van der Waals surface area contributed by atoms with E-state index in [1.165, 1.54) is 87.5 Å². The Morgan fingerprint density at radius 1 is 0.340 bits per heavy atom. The van der Waals surface area contributed by atoms with Crippen LogP contribution in [0.4, 0.5) is 0 Å². The van der Waals surface area contributed by atoms with Gasteiger partial charge in [-0.25, -0.2) is 0 Å². The Labute approximate surface area is 288 Å². The molecule has 0 saturated carbocycles. The summed E-state index contributed by atoms with van der Waals surface area (Å²) in [6, 6.07) is 63.9. The van der Waals surface area contributed by atoms with E-state index < -0.39 is 0 Å². The molecular formula is C48H29NO. The molecule has 9 aromatic carbocycles. The van der Waals surface area contributed by atoms with Crippen LogP contribution < -0.4 is 0 Å². The number of hydrogen-bond acceptors (Lipinski definition) is 1. The van der Waals surface area contributed by atoms with E-state index >= 15 is 0 Å². The fraction of sp³-hybridized carbons (Fsp3) is 0. The molecule has 2 heterocycles. The number of rotatable bonds is 3. The van der Waals surface area contributed by atoms with E-state index in [0.29, 0.717) is 0 Å². The Bertz CT molecular complexity index is 3090. The van der Waals surface area contributed by atoms with Gasteiger partial charge in [0.2, 0.25) is 0 Å². The average molecular weight is 636 g/mol. The normalized spacial score (nSPS) is 12.0. The largest absolute Gasteiger partial charge is 0.456 e. The maximum absolute atomic E-state index is 6.22. The van der Waals surface area contributed by atoms with Crippen molar-refractivity contribution in [1.29, 1.82) is 0 Å². The van der Waals surface area contributed by atoms with E-state index in [9.17, 15) is 0 Å². The first-order chi connectivity index (χ1) is 24.8.